The fraction of sp³-hybridized carbons (Fsp3) is 0.562. The van der Waals surface area contributed by atoms with E-state index in [0.29, 0.717) is 36.6 Å². The summed E-state index contributed by atoms with van der Waals surface area (Å²) in [7, 11) is 1.60. The van der Waals surface area contributed by atoms with E-state index in [2.05, 4.69) is 17.1 Å². The lowest BCUT2D eigenvalue weighted by atomic mass is 9.96. The molecule has 1 aliphatic heterocycles. The van der Waals surface area contributed by atoms with Gasteiger partial charge in [-0.1, -0.05) is 18.6 Å². The van der Waals surface area contributed by atoms with E-state index in [-0.39, 0.29) is 5.91 Å². The molecule has 0 saturated carbocycles. The number of hydrogen-bond acceptors (Lipinski definition) is 4. The van der Waals surface area contributed by atoms with Gasteiger partial charge in [0.25, 0.3) is 0 Å². The SMILES string of the molecule is COc1ccccc1NC(=O)CN1C(C)CCCC1CN. The number of rotatable bonds is 5. The van der Waals surface area contributed by atoms with Crippen LogP contribution in [0.15, 0.2) is 24.3 Å². The second kappa shape index (κ2) is 7.43. The topological polar surface area (TPSA) is 67.6 Å². The highest BCUT2D eigenvalue weighted by atomic mass is 16.5. The first-order valence-electron chi connectivity index (χ1n) is 7.54. The van der Waals surface area contributed by atoms with E-state index in [1.165, 1.54) is 6.42 Å². The van der Waals surface area contributed by atoms with Crippen molar-refractivity contribution in [2.24, 2.45) is 5.73 Å². The zero-order valence-electron chi connectivity index (χ0n) is 12.8. The van der Waals surface area contributed by atoms with E-state index in [1.54, 1.807) is 7.11 Å². The van der Waals surface area contributed by atoms with E-state index in [0.717, 1.165) is 12.8 Å². The van der Waals surface area contributed by atoms with Gasteiger partial charge in [-0.15, -0.1) is 0 Å². The number of hydrogen-bond donors (Lipinski definition) is 2. The van der Waals surface area contributed by atoms with Crippen LogP contribution in [0, 0.1) is 0 Å². The smallest absolute Gasteiger partial charge is 0.238 e. The van der Waals surface area contributed by atoms with Crippen LogP contribution in [0.3, 0.4) is 0 Å². The molecule has 1 aromatic rings. The van der Waals surface area contributed by atoms with Crippen molar-refractivity contribution in [3.8, 4) is 5.75 Å². The molecule has 0 spiro atoms. The van der Waals surface area contributed by atoms with Gasteiger partial charge < -0.3 is 15.8 Å². The van der Waals surface area contributed by atoms with Crippen LogP contribution in [0.4, 0.5) is 5.69 Å². The molecule has 21 heavy (non-hydrogen) atoms. The fourth-order valence-electron chi connectivity index (χ4n) is 2.98. The molecule has 5 heteroatoms. The molecule has 3 N–H and O–H groups in total. The van der Waals surface area contributed by atoms with E-state index < -0.39 is 0 Å². The lowest BCUT2D eigenvalue weighted by Crippen LogP contribution is -2.51. The van der Waals surface area contributed by atoms with E-state index in [1.807, 2.05) is 24.3 Å². The van der Waals surface area contributed by atoms with Crippen LogP contribution in [0.1, 0.15) is 26.2 Å². The number of nitrogens with two attached hydrogens (primary N) is 1. The standard InChI is InChI=1S/C16H25N3O2/c1-12-6-5-7-13(10-17)19(12)11-16(20)18-14-8-3-4-9-15(14)21-2/h3-4,8-9,12-13H,5-7,10-11,17H2,1-2H3,(H,18,20). The molecule has 5 nitrogen and oxygen atoms in total. The molecule has 0 aliphatic carbocycles. The van der Waals surface area contributed by atoms with Crippen LogP contribution in [0.25, 0.3) is 0 Å². The number of ether oxygens (including phenoxy) is 1. The van der Waals surface area contributed by atoms with Crippen LogP contribution in [0.2, 0.25) is 0 Å². The van der Waals surface area contributed by atoms with E-state index in [4.69, 9.17) is 10.5 Å². The molecule has 1 saturated heterocycles. The van der Waals surface area contributed by atoms with Gasteiger partial charge in [-0.05, 0) is 31.9 Å². The highest BCUT2D eigenvalue weighted by molar-refractivity contribution is 5.93. The minimum absolute atomic E-state index is 0.0216. The van der Waals surface area contributed by atoms with Gasteiger partial charge in [0.1, 0.15) is 5.75 Å². The Bertz CT molecular complexity index is 478. The van der Waals surface area contributed by atoms with Gasteiger partial charge in [0.15, 0.2) is 0 Å². The first-order chi connectivity index (χ1) is 10.2. The molecular formula is C16H25N3O2. The van der Waals surface area contributed by atoms with Crippen LogP contribution < -0.4 is 15.8 Å². The van der Waals surface area contributed by atoms with Gasteiger partial charge >= 0.3 is 0 Å². The Hall–Kier alpha value is -1.59. The van der Waals surface area contributed by atoms with Crippen LogP contribution >= 0.6 is 0 Å². The molecule has 1 fully saturated rings. The number of likely N-dealkylation sites (tertiary alicyclic amines) is 1. The largest absolute Gasteiger partial charge is 0.495 e. The predicted octanol–water partition coefficient (Wildman–Crippen LogP) is 1.84. The molecular weight excluding hydrogens is 266 g/mol. The normalized spacial score (nSPS) is 22.8. The number of methoxy groups -OCH3 is 1. The van der Waals surface area contributed by atoms with Gasteiger partial charge in [-0.25, -0.2) is 0 Å². The minimum atomic E-state index is -0.0216. The fourth-order valence-corrected chi connectivity index (χ4v) is 2.98. The Kier molecular flexibility index (Phi) is 5.59. The Labute approximate surface area is 126 Å². The molecule has 2 unspecified atom stereocenters. The lowest BCUT2D eigenvalue weighted by molar-refractivity contribution is -0.118. The maximum Gasteiger partial charge on any atom is 0.238 e. The lowest BCUT2D eigenvalue weighted by Gasteiger charge is -2.39. The summed E-state index contributed by atoms with van der Waals surface area (Å²) in [4.78, 5) is 14.5. The number of piperidine rings is 1. The number of amides is 1. The molecule has 1 aromatic carbocycles. The van der Waals surface area contributed by atoms with Gasteiger partial charge in [-0.3, -0.25) is 9.69 Å². The number of nitrogens with one attached hydrogen (secondary N) is 1. The van der Waals surface area contributed by atoms with Gasteiger partial charge in [0.05, 0.1) is 19.3 Å². The number of nitrogens with zero attached hydrogens (tertiary/aromatic N) is 1. The first-order valence-corrected chi connectivity index (χ1v) is 7.54. The summed E-state index contributed by atoms with van der Waals surface area (Å²) in [5, 5.41) is 2.93. The summed E-state index contributed by atoms with van der Waals surface area (Å²) in [6.07, 6.45) is 3.38. The summed E-state index contributed by atoms with van der Waals surface area (Å²) in [6, 6.07) is 8.14. The third-order valence-corrected chi connectivity index (χ3v) is 4.17. The quantitative estimate of drug-likeness (QED) is 0.868. The monoisotopic (exact) mass is 291 g/mol. The van der Waals surface area contributed by atoms with Crippen molar-refractivity contribution in [3.05, 3.63) is 24.3 Å². The van der Waals surface area contributed by atoms with Gasteiger partial charge in [-0.2, -0.15) is 0 Å². The Morgan fingerprint density at radius 1 is 1.43 bits per heavy atom. The Morgan fingerprint density at radius 3 is 2.90 bits per heavy atom. The van der Waals surface area contributed by atoms with Crippen LogP contribution in [-0.4, -0.2) is 43.1 Å². The highest BCUT2D eigenvalue weighted by Crippen LogP contribution is 2.24. The molecule has 2 atom stereocenters. The highest BCUT2D eigenvalue weighted by Gasteiger charge is 2.28. The van der Waals surface area contributed by atoms with E-state index in [9.17, 15) is 4.79 Å². The number of carbonyl (C=O) groups excluding carboxylic acids is 1. The summed E-state index contributed by atoms with van der Waals surface area (Å²) in [5.74, 6) is 0.652. The summed E-state index contributed by atoms with van der Waals surface area (Å²) in [6.45, 7) is 3.14. The summed E-state index contributed by atoms with van der Waals surface area (Å²) >= 11 is 0. The predicted molar refractivity (Wildman–Crippen MR) is 84.5 cm³/mol. The molecule has 0 aromatic heterocycles. The molecule has 0 bridgehead atoms. The van der Waals surface area contributed by atoms with Crippen molar-refractivity contribution >= 4 is 11.6 Å². The first kappa shape index (κ1) is 15.8. The number of benzene rings is 1. The van der Waals surface area contributed by atoms with Crippen molar-refractivity contribution in [3.63, 3.8) is 0 Å². The molecule has 0 radical (unpaired) electrons. The Balaban J connectivity index is 2.00. The molecule has 116 valence electrons. The average Bonchev–Trinajstić information content (AvgIpc) is 2.49. The second-order valence-corrected chi connectivity index (χ2v) is 5.59. The maximum atomic E-state index is 12.3. The zero-order valence-corrected chi connectivity index (χ0v) is 12.8. The number of carbonyl (C=O) groups is 1. The summed E-state index contributed by atoms with van der Waals surface area (Å²) < 4.78 is 5.25. The molecule has 1 heterocycles. The van der Waals surface area contributed by atoms with Crippen molar-refractivity contribution in [2.45, 2.75) is 38.3 Å². The molecule has 1 aliphatic rings. The van der Waals surface area contributed by atoms with E-state index >= 15 is 0 Å². The van der Waals surface area contributed by atoms with Crippen LogP contribution in [0.5, 0.6) is 5.75 Å². The zero-order chi connectivity index (χ0) is 15.2. The van der Waals surface area contributed by atoms with Crippen molar-refractivity contribution in [1.29, 1.82) is 0 Å². The van der Waals surface area contributed by atoms with Gasteiger partial charge in [0.2, 0.25) is 5.91 Å². The van der Waals surface area contributed by atoms with Crippen molar-refractivity contribution < 1.29 is 9.53 Å². The van der Waals surface area contributed by atoms with Crippen molar-refractivity contribution in [1.82, 2.24) is 4.90 Å². The molecule has 2 rings (SSSR count). The van der Waals surface area contributed by atoms with Gasteiger partial charge in [0, 0.05) is 18.6 Å². The second-order valence-electron chi connectivity index (χ2n) is 5.59. The molecule has 1 amide bonds. The number of para-hydroxylation sites is 2. The minimum Gasteiger partial charge on any atom is -0.495 e. The number of anilines is 1. The average molecular weight is 291 g/mol. The van der Waals surface area contributed by atoms with Crippen molar-refractivity contribution in [2.75, 3.05) is 25.5 Å². The third-order valence-electron chi connectivity index (χ3n) is 4.17. The Morgan fingerprint density at radius 2 is 2.19 bits per heavy atom. The third kappa shape index (κ3) is 3.95. The van der Waals surface area contributed by atoms with Crippen LogP contribution in [-0.2, 0) is 4.79 Å². The maximum absolute atomic E-state index is 12.3. The summed E-state index contributed by atoms with van der Waals surface area (Å²) in [5.41, 5.74) is 6.54.